The first-order valence-electron chi connectivity index (χ1n) is 5.23. The third kappa shape index (κ3) is 2.49. The lowest BCUT2D eigenvalue weighted by molar-refractivity contribution is 0.222. The van der Waals surface area contributed by atoms with Crippen molar-refractivity contribution in [1.29, 1.82) is 0 Å². The van der Waals surface area contributed by atoms with Crippen LogP contribution in [0.25, 0.3) is 0 Å². The Hall–Kier alpha value is -0.540. The van der Waals surface area contributed by atoms with E-state index in [9.17, 15) is 0 Å². The molecule has 3 heteroatoms. The van der Waals surface area contributed by atoms with Crippen molar-refractivity contribution in [2.75, 3.05) is 20.2 Å². The highest BCUT2D eigenvalue weighted by Gasteiger charge is 2.11. The monoisotopic (exact) mass is 211 g/mol. The molecule has 1 aromatic heterocycles. The van der Waals surface area contributed by atoms with Gasteiger partial charge in [-0.15, -0.1) is 11.3 Å². The molecule has 78 valence electrons. The van der Waals surface area contributed by atoms with Crippen molar-refractivity contribution in [3.8, 4) is 5.06 Å². The van der Waals surface area contributed by atoms with Gasteiger partial charge >= 0.3 is 0 Å². The van der Waals surface area contributed by atoms with E-state index in [1.807, 2.05) is 0 Å². The second kappa shape index (κ2) is 4.80. The molecule has 1 aliphatic heterocycles. The zero-order valence-electron chi connectivity index (χ0n) is 8.66. The van der Waals surface area contributed by atoms with Gasteiger partial charge in [0.2, 0.25) is 0 Å². The smallest absolute Gasteiger partial charge is 0.173 e. The third-order valence-electron chi connectivity index (χ3n) is 2.67. The van der Waals surface area contributed by atoms with Gasteiger partial charge in [0.05, 0.1) is 7.11 Å². The number of thiophene rings is 1. The zero-order valence-corrected chi connectivity index (χ0v) is 9.48. The molecule has 1 aromatic rings. The second-order valence-electron chi connectivity index (χ2n) is 3.76. The van der Waals surface area contributed by atoms with Crippen LogP contribution in [0.1, 0.15) is 24.1 Å². The molecule has 14 heavy (non-hydrogen) atoms. The normalized spacial score (nSPS) is 18.4. The Balaban J connectivity index is 1.89. The quantitative estimate of drug-likeness (QED) is 0.762. The lowest BCUT2D eigenvalue weighted by atomic mass is 10.1. The van der Waals surface area contributed by atoms with Crippen LogP contribution in [0.15, 0.2) is 12.1 Å². The molecule has 0 bridgehead atoms. The Morgan fingerprint density at radius 1 is 1.29 bits per heavy atom. The van der Waals surface area contributed by atoms with Crippen LogP contribution in [0.5, 0.6) is 5.06 Å². The van der Waals surface area contributed by atoms with Gasteiger partial charge in [0.25, 0.3) is 0 Å². The molecular formula is C11H17NOS. The largest absolute Gasteiger partial charge is 0.487 e. The number of methoxy groups -OCH3 is 1. The van der Waals surface area contributed by atoms with Gasteiger partial charge in [-0.25, -0.2) is 0 Å². The van der Waals surface area contributed by atoms with Gasteiger partial charge in [-0.2, -0.15) is 0 Å². The average molecular weight is 211 g/mol. The number of likely N-dealkylation sites (tertiary alicyclic amines) is 1. The summed E-state index contributed by atoms with van der Waals surface area (Å²) in [4.78, 5) is 3.96. The molecule has 0 atom stereocenters. The van der Waals surface area contributed by atoms with E-state index in [0.29, 0.717) is 0 Å². The fraction of sp³-hybridized carbons (Fsp3) is 0.636. The molecule has 0 aromatic carbocycles. The molecule has 0 unspecified atom stereocenters. The first-order valence-corrected chi connectivity index (χ1v) is 6.05. The van der Waals surface area contributed by atoms with E-state index in [2.05, 4.69) is 17.0 Å². The van der Waals surface area contributed by atoms with E-state index in [0.717, 1.165) is 11.6 Å². The van der Waals surface area contributed by atoms with E-state index in [1.54, 1.807) is 18.4 Å². The van der Waals surface area contributed by atoms with Crippen molar-refractivity contribution < 1.29 is 4.74 Å². The summed E-state index contributed by atoms with van der Waals surface area (Å²) in [5, 5.41) is 1.03. The van der Waals surface area contributed by atoms with Crippen molar-refractivity contribution >= 4 is 11.3 Å². The van der Waals surface area contributed by atoms with E-state index in [-0.39, 0.29) is 0 Å². The molecule has 0 N–H and O–H groups in total. The van der Waals surface area contributed by atoms with Crippen molar-refractivity contribution in [3.05, 3.63) is 17.0 Å². The highest BCUT2D eigenvalue weighted by Crippen LogP contribution is 2.25. The highest BCUT2D eigenvalue weighted by atomic mass is 32.1. The number of rotatable bonds is 3. The van der Waals surface area contributed by atoms with Crippen LogP contribution in [0.2, 0.25) is 0 Å². The first-order chi connectivity index (χ1) is 6.88. The molecule has 1 saturated heterocycles. The van der Waals surface area contributed by atoms with E-state index < -0.39 is 0 Å². The molecule has 2 rings (SSSR count). The van der Waals surface area contributed by atoms with Crippen molar-refractivity contribution in [1.82, 2.24) is 4.90 Å². The maximum atomic E-state index is 5.18. The highest BCUT2D eigenvalue weighted by molar-refractivity contribution is 7.13. The lowest BCUT2D eigenvalue weighted by Crippen LogP contribution is -2.28. The van der Waals surface area contributed by atoms with Crippen LogP contribution in [-0.2, 0) is 6.54 Å². The number of nitrogens with zero attached hydrogens (tertiary/aromatic N) is 1. The SMILES string of the molecule is COc1ccc(CN2CCCCC2)s1. The molecule has 0 saturated carbocycles. The summed E-state index contributed by atoms with van der Waals surface area (Å²) in [5.74, 6) is 0. The van der Waals surface area contributed by atoms with Gasteiger partial charge in [0.1, 0.15) is 0 Å². The van der Waals surface area contributed by atoms with Gasteiger partial charge in [0.15, 0.2) is 5.06 Å². The average Bonchev–Trinajstić information content (AvgIpc) is 2.67. The van der Waals surface area contributed by atoms with Crippen LogP contribution < -0.4 is 4.74 Å². The van der Waals surface area contributed by atoms with Crippen LogP contribution in [0.3, 0.4) is 0 Å². The molecule has 2 heterocycles. The molecule has 0 aliphatic carbocycles. The maximum absolute atomic E-state index is 5.18. The van der Waals surface area contributed by atoms with Crippen molar-refractivity contribution in [2.24, 2.45) is 0 Å². The lowest BCUT2D eigenvalue weighted by Gasteiger charge is -2.25. The van der Waals surface area contributed by atoms with Crippen LogP contribution >= 0.6 is 11.3 Å². The van der Waals surface area contributed by atoms with E-state index in [1.165, 1.54) is 37.2 Å². The summed E-state index contributed by atoms with van der Waals surface area (Å²) in [5.41, 5.74) is 0. The summed E-state index contributed by atoms with van der Waals surface area (Å²) in [6, 6.07) is 4.24. The third-order valence-corrected chi connectivity index (χ3v) is 3.70. The zero-order chi connectivity index (χ0) is 9.80. The van der Waals surface area contributed by atoms with Crippen LogP contribution in [0, 0.1) is 0 Å². The second-order valence-corrected chi connectivity index (χ2v) is 4.89. The Kier molecular flexibility index (Phi) is 3.43. The minimum Gasteiger partial charge on any atom is -0.487 e. The molecule has 0 amide bonds. The topological polar surface area (TPSA) is 12.5 Å². The Bertz CT molecular complexity index is 279. The molecule has 1 aliphatic rings. The van der Waals surface area contributed by atoms with Gasteiger partial charge in [-0.1, -0.05) is 6.42 Å². The summed E-state index contributed by atoms with van der Waals surface area (Å²) < 4.78 is 5.18. The molecular weight excluding hydrogens is 194 g/mol. The van der Waals surface area contributed by atoms with Gasteiger partial charge in [0, 0.05) is 11.4 Å². The number of ether oxygens (including phenoxy) is 1. The first kappa shape index (κ1) is 9.99. The number of hydrogen-bond donors (Lipinski definition) is 0. The Morgan fingerprint density at radius 2 is 2.07 bits per heavy atom. The van der Waals surface area contributed by atoms with Gasteiger partial charge in [-0.3, -0.25) is 4.90 Å². The fourth-order valence-corrected chi connectivity index (χ4v) is 2.75. The standard InChI is InChI=1S/C11H17NOS/c1-13-11-6-5-10(14-11)9-12-7-3-2-4-8-12/h5-6H,2-4,7-9H2,1H3. The van der Waals surface area contributed by atoms with E-state index >= 15 is 0 Å². The molecule has 0 radical (unpaired) electrons. The van der Waals surface area contributed by atoms with Crippen molar-refractivity contribution in [2.45, 2.75) is 25.8 Å². The molecule has 1 fully saturated rings. The minimum atomic E-state index is 1.03. The fourth-order valence-electron chi connectivity index (χ4n) is 1.89. The molecule has 0 spiro atoms. The molecule has 2 nitrogen and oxygen atoms in total. The predicted octanol–water partition coefficient (Wildman–Crippen LogP) is 2.74. The van der Waals surface area contributed by atoms with Crippen molar-refractivity contribution in [3.63, 3.8) is 0 Å². The Morgan fingerprint density at radius 3 is 2.71 bits per heavy atom. The summed E-state index contributed by atoms with van der Waals surface area (Å²) >= 11 is 1.76. The van der Waals surface area contributed by atoms with Crippen LogP contribution in [-0.4, -0.2) is 25.1 Å². The van der Waals surface area contributed by atoms with Crippen LogP contribution in [0.4, 0.5) is 0 Å². The summed E-state index contributed by atoms with van der Waals surface area (Å²) in [7, 11) is 1.73. The summed E-state index contributed by atoms with van der Waals surface area (Å²) in [6.45, 7) is 3.63. The van der Waals surface area contributed by atoms with E-state index in [4.69, 9.17) is 4.74 Å². The summed E-state index contributed by atoms with van der Waals surface area (Å²) in [6.07, 6.45) is 4.13. The predicted molar refractivity (Wildman–Crippen MR) is 60.0 cm³/mol. The van der Waals surface area contributed by atoms with Gasteiger partial charge < -0.3 is 4.74 Å². The number of hydrogen-bond acceptors (Lipinski definition) is 3. The maximum Gasteiger partial charge on any atom is 0.173 e. The van der Waals surface area contributed by atoms with Gasteiger partial charge in [-0.05, 0) is 38.1 Å². The Labute approximate surface area is 89.5 Å². The number of piperidine rings is 1. The minimum absolute atomic E-state index is 1.03.